The zero-order valence-corrected chi connectivity index (χ0v) is 10.5. The average Bonchev–Trinajstić information content (AvgIpc) is 2.07. The number of carboxylic acids is 1. The number of carboxylic acid groups (broad SMARTS) is 1. The summed E-state index contributed by atoms with van der Waals surface area (Å²) in [6.07, 6.45) is 3.92. The largest absolute Gasteiger partial charge is 1.00 e. The molecule has 0 amide bonds. The maximum Gasteiger partial charge on any atom is 0.307 e. The van der Waals surface area contributed by atoms with Crippen LogP contribution in [-0.2, 0) is 4.79 Å². The van der Waals surface area contributed by atoms with Crippen molar-refractivity contribution in [1.29, 1.82) is 0 Å². The van der Waals surface area contributed by atoms with E-state index in [1.165, 1.54) is 18.5 Å². The summed E-state index contributed by atoms with van der Waals surface area (Å²) in [7, 11) is -0.965. The number of halogens is 1. The van der Waals surface area contributed by atoms with E-state index in [1.807, 2.05) is 0 Å². The van der Waals surface area contributed by atoms with Crippen molar-refractivity contribution in [3.63, 3.8) is 0 Å². The monoisotopic (exact) mass is 224 g/mol. The van der Waals surface area contributed by atoms with E-state index < -0.39 is 13.2 Å². The summed E-state index contributed by atoms with van der Waals surface area (Å²) < 4.78 is 0. The Bertz CT molecular complexity index is 161. The molecule has 1 atom stereocenters. The molecule has 0 heterocycles. The molecule has 0 aromatic heterocycles. The van der Waals surface area contributed by atoms with Crippen molar-refractivity contribution >= 4 is 13.2 Å². The van der Waals surface area contributed by atoms with Crippen molar-refractivity contribution in [1.82, 2.24) is 0 Å². The third-order valence-electron chi connectivity index (χ3n) is 3.29. The first-order chi connectivity index (χ1) is 6.02. The van der Waals surface area contributed by atoms with Crippen LogP contribution >= 0.6 is 7.26 Å². The van der Waals surface area contributed by atoms with Crippen LogP contribution in [0.15, 0.2) is 0 Å². The van der Waals surface area contributed by atoms with Crippen molar-refractivity contribution in [2.24, 2.45) is 0 Å². The van der Waals surface area contributed by atoms with Gasteiger partial charge >= 0.3 is 5.97 Å². The Balaban J connectivity index is 0. The van der Waals surface area contributed by atoms with Crippen molar-refractivity contribution in [2.45, 2.75) is 39.8 Å². The van der Waals surface area contributed by atoms with Gasteiger partial charge in [0.05, 0.1) is 30.6 Å². The lowest BCUT2D eigenvalue weighted by Gasteiger charge is -2.29. The normalized spacial score (nSPS) is 13.1. The quantitative estimate of drug-likeness (QED) is 0.641. The highest BCUT2D eigenvalue weighted by atomic mass is 31.2. The fourth-order valence-electron chi connectivity index (χ4n) is 2.05. The van der Waals surface area contributed by atoms with Crippen molar-refractivity contribution in [2.75, 3.05) is 18.5 Å². The Morgan fingerprint density at radius 1 is 1.21 bits per heavy atom. The minimum absolute atomic E-state index is 0. The van der Waals surface area contributed by atoms with Crippen LogP contribution in [0.5, 0.6) is 0 Å². The molecule has 4 heteroatoms. The second-order valence-corrected chi connectivity index (χ2v) is 8.83. The molecule has 1 N–H and O–H groups in total. The third kappa shape index (κ3) is 3.91. The molecule has 0 saturated heterocycles. The molecule has 0 rings (SSSR count). The van der Waals surface area contributed by atoms with Crippen LogP contribution in [0.3, 0.4) is 0 Å². The van der Waals surface area contributed by atoms with E-state index in [2.05, 4.69) is 27.7 Å². The van der Waals surface area contributed by atoms with Crippen molar-refractivity contribution in [3.05, 3.63) is 0 Å². The Morgan fingerprint density at radius 2 is 1.57 bits per heavy atom. The first kappa shape index (κ1) is 16.3. The van der Waals surface area contributed by atoms with Crippen LogP contribution in [0.2, 0.25) is 0 Å². The molecule has 0 bridgehead atoms. The van der Waals surface area contributed by atoms with Crippen LogP contribution < -0.4 is 4.70 Å². The Labute approximate surface area is 86.8 Å². The van der Waals surface area contributed by atoms with E-state index in [9.17, 15) is 4.79 Å². The molecule has 1 unspecified atom stereocenters. The molecule has 0 spiro atoms. The molecule has 0 aliphatic heterocycles. The van der Waals surface area contributed by atoms with Gasteiger partial charge in [-0.1, -0.05) is 0 Å². The summed E-state index contributed by atoms with van der Waals surface area (Å²) in [5, 5.41) is 8.75. The highest BCUT2D eigenvalue weighted by Crippen LogP contribution is 2.62. The molecule has 86 valence electrons. The molecule has 0 radical (unpaired) electrons. The highest BCUT2D eigenvalue weighted by Gasteiger charge is 2.38. The topological polar surface area (TPSA) is 37.3 Å². The predicted molar refractivity (Wildman–Crippen MR) is 60.3 cm³/mol. The summed E-state index contributed by atoms with van der Waals surface area (Å²) in [6.45, 7) is 8.73. The molecule has 0 fully saturated rings. The lowest BCUT2D eigenvalue weighted by Crippen LogP contribution is -3.00. The van der Waals surface area contributed by atoms with E-state index in [1.54, 1.807) is 0 Å². The SMILES string of the molecule is CC[P+](CC)(CC)C(C)CC(=O)O.[F-]. The van der Waals surface area contributed by atoms with E-state index >= 15 is 0 Å². The van der Waals surface area contributed by atoms with Crippen molar-refractivity contribution < 1.29 is 14.6 Å². The minimum atomic E-state index is -0.965. The fraction of sp³-hybridized carbons (Fsp3) is 0.900. The van der Waals surface area contributed by atoms with Crippen LogP contribution in [0.4, 0.5) is 0 Å². The molecule has 0 aromatic rings. The number of carbonyl (C=O) groups is 1. The zero-order chi connectivity index (χ0) is 10.5. The van der Waals surface area contributed by atoms with Crippen LogP contribution in [0.25, 0.3) is 0 Å². The van der Waals surface area contributed by atoms with Gasteiger partial charge in [-0.25, -0.2) is 0 Å². The van der Waals surface area contributed by atoms with E-state index in [0.29, 0.717) is 12.1 Å². The number of aliphatic carboxylic acids is 1. The summed E-state index contributed by atoms with van der Waals surface area (Å²) in [5.41, 5.74) is 0.394. The first-order valence-corrected chi connectivity index (χ1v) is 7.51. The second-order valence-electron chi connectivity index (χ2n) is 3.61. The van der Waals surface area contributed by atoms with E-state index in [-0.39, 0.29) is 4.70 Å². The number of hydrogen-bond acceptors (Lipinski definition) is 1. The smallest absolute Gasteiger partial charge is 0.307 e. The Kier molecular flexibility index (Phi) is 8.33. The number of hydrogen-bond donors (Lipinski definition) is 1. The van der Waals surface area contributed by atoms with Gasteiger partial charge in [-0.3, -0.25) is 4.79 Å². The van der Waals surface area contributed by atoms with Gasteiger partial charge in [0.25, 0.3) is 0 Å². The lowest BCUT2D eigenvalue weighted by atomic mass is 10.3. The van der Waals surface area contributed by atoms with Crippen LogP contribution in [-0.4, -0.2) is 35.2 Å². The average molecular weight is 224 g/mol. The van der Waals surface area contributed by atoms with Gasteiger partial charge in [0.1, 0.15) is 0 Å². The first-order valence-electron chi connectivity index (χ1n) is 5.10. The van der Waals surface area contributed by atoms with Gasteiger partial charge in [0.2, 0.25) is 0 Å². The van der Waals surface area contributed by atoms with Crippen LogP contribution in [0.1, 0.15) is 34.1 Å². The Morgan fingerprint density at radius 3 is 1.79 bits per heavy atom. The minimum Gasteiger partial charge on any atom is -1.00 e. The fourth-order valence-corrected chi connectivity index (χ4v) is 5.81. The molecule has 0 aliphatic rings. The Hall–Kier alpha value is -0.170. The van der Waals surface area contributed by atoms with Gasteiger partial charge in [-0.05, 0) is 27.7 Å². The van der Waals surface area contributed by atoms with Gasteiger partial charge < -0.3 is 9.81 Å². The summed E-state index contributed by atoms with van der Waals surface area (Å²) in [6, 6.07) is 0. The second kappa shape index (κ2) is 7.17. The molecule has 0 aromatic carbocycles. The van der Waals surface area contributed by atoms with Gasteiger partial charge in [0.15, 0.2) is 0 Å². The molecule has 2 nitrogen and oxygen atoms in total. The standard InChI is InChI=1S/C10H21O2P.FH/c1-5-13(6-2,7-3)9(4)8-10(11)12;/h9H,5-8H2,1-4H3;1H. The van der Waals surface area contributed by atoms with Gasteiger partial charge in [-0.2, -0.15) is 0 Å². The van der Waals surface area contributed by atoms with Gasteiger partial charge in [0, 0.05) is 7.26 Å². The maximum absolute atomic E-state index is 10.6. The van der Waals surface area contributed by atoms with E-state index in [0.717, 1.165) is 0 Å². The van der Waals surface area contributed by atoms with E-state index in [4.69, 9.17) is 5.11 Å². The summed E-state index contributed by atoms with van der Waals surface area (Å²) >= 11 is 0. The maximum atomic E-state index is 10.6. The summed E-state index contributed by atoms with van der Waals surface area (Å²) in [4.78, 5) is 10.6. The molecular weight excluding hydrogens is 202 g/mol. The lowest BCUT2D eigenvalue weighted by molar-refractivity contribution is -0.136. The third-order valence-corrected chi connectivity index (χ3v) is 9.13. The highest BCUT2D eigenvalue weighted by molar-refractivity contribution is 7.76. The molecular formula is C10H22FO2P. The van der Waals surface area contributed by atoms with Gasteiger partial charge in [-0.15, -0.1) is 0 Å². The molecule has 0 aliphatic carbocycles. The predicted octanol–water partition coefficient (Wildman–Crippen LogP) is -0.0691. The van der Waals surface area contributed by atoms with Crippen LogP contribution in [0, 0.1) is 0 Å². The zero-order valence-electron chi connectivity index (χ0n) is 9.59. The molecule has 0 saturated carbocycles. The summed E-state index contributed by atoms with van der Waals surface area (Å²) in [5.74, 6) is -0.646. The number of rotatable bonds is 6. The van der Waals surface area contributed by atoms with Crippen molar-refractivity contribution in [3.8, 4) is 0 Å². The molecule has 14 heavy (non-hydrogen) atoms.